The van der Waals surface area contributed by atoms with E-state index < -0.39 is 12.1 Å². The topological polar surface area (TPSA) is 99.9 Å². The van der Waals surface area contributed by atoms with E-state index in [1.54, 1.807) is 13.8 Å². The number of carbonyl (C=O) groups is 1. The number of aryl methyl sites for hydroxylation is 3. The number of rotatable bonds is 7. The van der Waals surface area contributed by atoms with Gasteiger partial charge in [-0.15, -0.1) is 0 Å². The Morgan fingerprint density at radius 2 is 1.88 bits per heavy atom. The lowest BCUT2D eigenvalue weighted by Gasteiger charge is -2.22. The van der Waals surface area contributed by atoms with Crippen LogP contribution >= 0.6 is 0 Å². The summed E-state index contributed by atoms with van der Waals surface area (Å²) >= 11 is 0. The van der Waals surface area contributed by atoms with Crippen LogP contribution in [0.1, 0.15) is 41.2 Å². The first-order valence-corrected chi connectivity index (χ1v) is 11.0. The van der Waals surface area contributed by atoms with Crippen molar-refractivity contribution in [3.63, 3.8) is 0 Å². The summed E-state index contributed by atoms with van der Waals surface area (Å²) in [5, 5.41) is 4.11. The summed E-state index contributed by atoms with van der Waals surface area (Å²) in [7, 11) is 0. The molecule has 2 atom stereocenters. The first-order chi connectivity index (χ1) is 15.8. The molecule has 0 fully saturated rings. The molecule has 0 aliphatic heterocycles. The van der Waals surface area contributed by atoms with Crippen LogP contribution in [0, 0.1) is 20.8 Å². The van der Waals surface area contributed by atoms with Crippen molar-refractivity contribution in [2.45, 2.75) is 46.3 Å². The summed E-state index contributed by atoms with van der Waals surface area (Å²) in [5.74, 6) is 0.854. The van der Waals surface area contributed by atoms with Crippen LogP contribution in [0.2, 0.25) is 0 Å². The Hall–Kier alpha value is -3.87. The number of nitrogens with one attached hydrogen (secondary N) is 3. The summed E-state index contributed by atoms with van der Waals surface area (Å²) in [6.45, 7) is 7.47. The summed E-state index contributed by atoms with van der Waals surface area (Å²) in [6, 6.07) is 14.7. The number of fused-ring (bicyclic) bond motifs is 1. The van der Waals surface area contributed by atoms with Gasteiger partial charge in [-0.3, -0.25) is 9.59 Å². The molecule has 7 heteroatoms. The normalized spacial score (nSPS) is 13.0. The minimum Gasteiger partial charge on any atom is -0.481 e. The van der Waals surface area contributed by atoms with Crippen LogP contribution < -0.4 is 15.6 Å². The summed E-state index contributed by atoms with van der Waals surface area (Å²) in [5.41, 5.74) is 4.55. The quantitative estimate of drug-likeness (QED) is 0.400. The molecule has 7 nitrogen and oxygen atoms in total. The fourth-order valence-electron chi connectivity index (χ4n) is 3.86. The number of hydrogen-bond acceptors (Lipinski definition) is 4. The van der Waals surface area contributed by atoms with E-state index in [2.05, 4.69) is 20.3 Å². The molecule has 2 aromatic heterocycles. The maximum atomic E-state index is 13.1. The van der Waals surface area contributed by atoms with Crippen molar-refractivity contribution in [3.05, 3.63) is 93.3 Å². The summed E-state index contributed by atoms with van der Waals surface area (Å²) in [4.78, 5) is 35.6. The SMILES string of the molecule is Cc1nc([C@H](Cc2c[nH]c3ccccc23)NC(=O)[C@H](C)Oc2ccc(C)c(C)c2)cc(=O)[nH]1. The fraction of sp³-hybridized carbons (Fsp3) is 0.269. The predicted octanol–water partition coefficient (Wildman–Crippen LogP) is 4.04. The molecule has 4 aromatic rings. The monoisotopic (exact) mass is 444 g/mol. The molecular weight excluding hydrogens is 416 g/mol. The molecule has 0 radical (unpaired) electrons. The van der Waals surface area contributed by atoms with E-state index in [9.17, 15) is 9.59 Å². The summed E-state index contributed by atoms with van der Waals surface area (Å²) < 4.78 is 5.90. The third-order valence-corrected chi connectivity index (χ3v) is 5.81. The predicted molar refractivity (Wildman–Crippen MR) is 128 cm³/mol. The molecular formula is C26H28N4O3. The molecule has 4 rings (SSSR count). The number of para-hydroxylation sites is 1. The van der Waals surface area contributed by atoms with Gasteiger partial charge in [-0.05, 0) is 62.6 Å². The Labute approximate surface area is 192 Å². The molecule has 33 heavy (non-hydrogen) atoms. The van der Waals surface area contributed by atoms with Gasteiger partial charge in [0.05, 0.1) is 11.7 Å². The van der Waals surface area contributed by atoms with Crippen LogP contribution in [0.5, 0.6) is 5.75 Å². The first kappa shape index (κ1) is 22.3. The number of nitrogens with zero attached hydrogens (tertiary/aromatic N) is 1. The molecule has 0 saturated heterocycles. The van der Waals surface area contributed by atoms with Gasteiger partial charge in [0.2, 0.25) is 0 Å². The molecule has 2 heterocycles. The number of H-pyrrole nitrogens is 2. The highest BCUT2D eigenvalue weighted by molar-refractivity contribution is 5.84. The Balaban J connectivity index is 1.59. The van der Waals surface area contributed by atoms with Gasteiger partial charge < -0.3 is 20.0 Å². The van der Waals surface area contributed by atoms with Gasteiger partial charge >= 0.3 is 0 Å². The van der Waals surface area contributed by atoms with Crippen LogP contribution in [-0.2, 0) is 11.2 Å². The van der Waals surface area contributed by atoms with E-state index in [-0.39, 0.29) is 11.5 Å². The lowest BCUT2D eigenvalue weighted by Crippen LogP contribution is -2.40. The van der Waals surface area contributed by atoms with E-state index in [0.29, 0.717) is 23.7 Å². The third kappa shape index (κ3) is 5.14. The van der Waals surface area contributed by atoms with E-state index in [1.165, 1.54) is 6.07 Å². The van der Waals surface area contributed by atoms with Gasteiger partial charge in [0.25, 0.3) is 11.5 Å². The second kappa shape index (κ2) is 9.32. The zero-order valence-corrected chi connectivity index (χ0v) is 19.2. The average molecular weight is 445 g/mol. The van der Waals surface area contributed by atoms with Crippen LogP contribution in [0.25, 0.3) is 10.9 Å². The average Bonchev–Trinajstić information content (AvgIpc) is 3.18. The zero-order chi connectivity index (χ0) is 23.5. The number of ether oxygens (including phenoxy) is 1. The zero-order valence-electron chi connectivity index (χ0n) is 19.2. The highest BCUT2D eigenvalue weighted by Crippen LogP contribution is 2.24. The Kier molecular flexibility index (Phi) is 6.31. The summed E-state index contributed by atoms with van der Waals surface area (Å²) in [6.07, 6.45) is 1.68. The fourth-order valence-corrected chi connectivity index (χ4v) is 3.86. The van der Waals surface area contributed by atoms with E-state index >= 15 is 0 Å². The van der Waals surface area contributed by atoms with Crippen molar-refractivity contribution in [1.82, 2.24) is 20.3 Å². The van der Waals surface area contributed by atoms with Crippen molar-refractivity contribution >= 4 is 16.8 Å². The number of amides is 1. The van der Waals surface area contributed by atoms with Crippen molar-refractivity contribution in [2.75, 3.05) is 0 Å². The van der Waals surface area contributed by atoms with Gasteiger partial charge in [0.1, 0.15) is 11.6 Å². The highest BCUT2D eigenvalue weighted by Gasteiger charge is 2.23. The lowest BCUT2D eigenvalue weighted by atomic mass is 10.0. The Bertz CT molecular complexity index is 1360. The maximum absolute atomic E-state index is 13.1. The van der Waals surface area contributed by atoms with Crippen molar-refractivity contribution in [2.24, 2.45) is 0 Å². The molecule has 170 valence electrons. The first-order valence-electron chi connectivity index (χ1n) is 11.0. The second-order valence-electron chi connectivity index (χ2n) is 8.39. The number of aromatic nitrogens is 3. The Morgan fingerprint density at radius 3 is 2.64 bits per heavy atom. The van der Waals surface area contributed by atoms with E-state index in [1.807, 2.05) is 62.5 Å². The van der Waals surface area contributed by atoms with Gasteiger partial charge in [0, 0.05) is 29.6 Å². The minimum absolute atomic E-state index is 0.255. The molecule has 0 spiro atoms. The molecule has 0 bridgehead atoms. The number of aromatic amines is 2. The molecule has 0 unspecified atom stereocenters. The van der Waals surface area contributed by atoms with Gasteiger partial charge in [-0.2, -0.15) is 0 Å². The largest absolute Gasteiger partial charge is 0.481 e. The van der Waals surface area contributed by atoms with Crippen LogP contribution in [0.3, 0.4) is 0 Å². The van der Waals surface area contributed by atoms with Crippen molar-refractivity contribution in [1.29, 1.82) is 0 Å². The third-order valence-electron chi connectivity index (χ3n) is 5.81. The van der Waals surface area contributed by atoms with Gasteiger partial charge in [-0.25, -0.2) is 4.98 Å². The smallest absolute Gasteiger partial charge is 0.261 e. The number of benzene rings is 2. The molecule has 0 aliphatic carbocycles. The van der Waals surface area contributed by atoms with Crippen LogP contribution in [-0.4, -0.2) is 27.0 Å². The molecule has 0 saturated carbocycles. The van der Waals surface area contributed by atoms with Crippen LogP contribution in [0.4, 0.5) is 0 Å². The number of carbonyl (C=O) groups excluding carboxylic acids is 1. The van der Waals surface area contributed by atoms with Gasteiger partial charge in [-0.1, -0.05) is 24.3 Å². The van der Waals surface area contributed by atoms with E-state index in [4.69, 9.17) is 4.74 Å². The number of hydrogen-bond donors (Lipinski definition) is 3. The van der Waals surface area contributed by atoms with Crippen LogP contribution in [0.15, 0.2) is 59.5 Å². The lowest BCUT2D eigenvalue weighted by molar-refractivity contribution is -0.128. The maximum Gasteiger partial charge on any atom is 0.261 e. The molecule has 0 aliphatic rings. The Morgan fingerprint density at radius 1 is 1.09 bits per heavy atom. The molecule has 2 aromatic carbocycles. The molecule has 3 N–H and O–H groups in total. The standard InChI is InChI=1S/C26H28N4O3/c1-15-9-10-20(11-16(15)2)33-17(3)26(32)30-23(24-13-25(31)29-18(4)28-24)12-19-14-27-22-8-6-5-7-21(19)22/h5-11,13-14,17,23,27H,12H2,1-4H3,(H,30,32)(H,28,29,31)/t17-,23-/m0/s1. The van der Waals surface area contributed by atoms with E-state index in [0.717, 1.165) is 27.6 Å². The van der Waals surface area contributed by atoms with Gasteiger partial charge in [0.15, 0.2) is 6.10 Å². The molecule has 1 amide bonds. The highest BCUT2D eigenvalue weighted by atomic mass is 16.5. The van der Waals surface area contributed by atoms with Crippen molar-refractivity contribution in [3.8, 4) is 5.75 Å². The van der Waals surface area contributed by atoms with Crippen molar-refractivity contribution < 1.29 is 9.53 Å². The second-order valence-corrected chi connectivity index (χ2v) is 8.39. The minimum atomic E-state index is -0.722.